The Morgan fingerprint density at radius 1 is 1.50 bits per heavy atom. The fraction of sp³-hybridized carbons (Fsp3) is 0.778. The minimum absolute atomic E-state index is 0.0696. The predicted molar refractivity (Wildman–Crippen MR) is 50.8 cm³/mol. The van der Waals surface area contributed by atoms with Gasteiger partial charge < -0.3 is 10.4 Å². The molecule has 0 radical (unpaired) electrons. The van der Waals surface area contributed by atoms with Crippen LogP contribution in [0.2, 0.25) is 0 Å². The van der Waals surface area contributed by atoms with Gasteiger partial charge in [0.05, 0.1) is 6.54 Å². The number of hydrogen-bond donors (Lipinski definition) is 3. The molecule has 14 heavy (non-hydrogen) atoms. The molecule has 0 unspecified atom stereocenters. The number of carboxylic acid groups (broad SMARTS) is 1. The van der Waals surface area contributed by atoms with Gasteiger partial charge in [0.15, 0.2) is 0 Å². The molecular formula is C9H16N2O3. The van der Waals surface area contributed by atoms with Crippen LogP contribution in [0, 0.1) is 5.92 Å². The molecule has 1 atom stereocenters. The van der Waals surface area contributed by atoms with Crippen molar-refractivity contribution in [3.05, 3.63) is 0 Å². The number of hydrogen-bond acceptors (Lipinski definition) is 3. The highest BCUT2D eigenvalue weighted by atomic mass is 16.4. The van der Waals surface area contributed by atoms with Crippen molar-refractivity contribution in [2.45, 2.75) is 25.8 Å². The number of amides is 1. The van der Waals surface area contributed by atoms with E-state index in [0.717, 1.165) is 6.54 Å². The van der Waals surface area contributed by atoms with E-state index in [-0.39, 0.29) is 12.5 Å². The Morgan fingerprint density at radius 2 is 2.14 bits per heavy atom. The molecule has 0 aromatic rings. The number of nitrogens with one attached hydrogen (secondary N) is 2. The van der Waals surface area contributed by atoms with Crippen LogP contribution in [0.25, 0.3) is 0 Å². The molecule has 1 aliphatic carbocycles. The number of carbonyl (C=O) groups is 2. The van der Waals surface area contributed by atoms with E-state index in [2.05, 4.69) is 10.6 Å². The minimum Gasteiger partial charge on any atom is -0.480 e. The first-order chi connectivity index (χ1) is 6.59. The lowest BCUT2D eigenvalue weighted by molar-refractivity contribution is -0.139. The van der Waals surface area contributed by atoms with Crippen molar-refractivity contribution in [2.75, 3.05) is 13.1 Å². The van der Waals surface area contributed by atoms with Gasteiger partial charge in [-0.3, -0.25) is 14.9 Å². The summed E-state index contributed by atoms with van der Waals surface area (Å²) in [5.41, 5.74) is 0. The zero-order chi connectivity index (χ0) is 10.6. The standard InChI is InChI=1S/C9H16N2O3/c1-6(9(13)14)10-5-8(12)11-4-7-2-3-7/h6-7,10H,2-5H2,1H3,(H,11,12)(H,13,14)/t6-/m0/s1. The Bertz CT molecular complexity index is 226. The first-order valence-electron chi connectivity index (χ1n) is 4.82. The highest BCUT2D eigenvalue weighted by Gasteiger charge is 2.21. The van der Waals surface area contributed by atoms with E-state index >= 15 is 0 Å². The van der Waals surface area contributed by atoms with Gasteiger partial charge in [-0.2, -0.15) is 0 Å². The second-order valence-corrected chi connectivity index (χ2v) is 3.69. The summed E-state index contributed by atoms with van der Waals surface area (Å²) in [7, 11) is 0. The van der Waals surface area contributed by atoms with E-state index < -0.39 is 12.0 Å². The molecule has 0 heterocycles. The van der Waals surface area contributed by atoms with Crippen LogP contribution < -0.4 is 10.6 Å². The molecular weight excluding hydrogens is 184 g/mol. The van der Waals surface area contributed by atoms with Crippen molar-refractivity contribution < 1.29 is 14.7 Å². The highest BCUT2D eigenvalue weighted by Crippen LogP contribution is 2.27. The third-order valence-corrected chi connectivity index (χ3v) is 2.22. The van der Waals surface area contributed by atoms with Crippen molar-refractivity contribution in [3.63, 3.8) is 0 Å². The van der Waals surface area contributed by atoms with Gasteiger partial charge in [-0.05, 0) is 25.7 Å². The average molecular weight is 200 g/mol. The number of aliphatic carboxylic acids is 1. The third-order valence-electron chi connectivity index (χ3n) is 2.22. The maximum Gasteiger partial charge on any atom is 0.320 e. The van der Waals surface area contributed by atoms with Crippen LogP contribution >= 0.6 is 0 Å². The van der Waals surface area contributed by atoms with E-state index in [1.165, 1.54) is 19.8 Å². The number of rotatable bonds is 6. The third kappa shape index (κ3) is 4.23. The topological polar surface area (TPSA) is 78.4 Å². The second-order valence-electron chi connectivity index (χ2n) is 3.69. The predicted octanol–water partition coefficient (Wildman–Crippen LogP) is -0.425. The van der Waals surface area contributed by atoms with Crippen LogP contribution in [-0.2, 0) is 9.59 Å². The van der Waals surface area contributed by atoms with Crippen LogP contribution in [0.15, 0.2) is 0 Å². The van der Waals surface area contributed by atoms with Crippen LogP contribution in [0.3, 0.4) is 0 Å². The summed E-state index contributed by atoms with van der Waals surface area (Å²) >= 11 is 0. The van der Waals surface area contributed by atoms with E-state index in [1.54, 1.807) is 0 Å². The lowest BCUT2D eigenvalue weighted by Crippen LogP contribution is -2.41. The summed E-state index contributed by atoms with van der Waals surface area (Å²) in [5, 5.41) is 13.9. The minimum atomic E-state index is -0.944. The summed E-state index contributed by atoms with van der Waals surface area (Å²) in [6.07, 6.45) is 2.39. The lowest BCUT2D eigenvalue weighted by atomic mass is 10.3. The number of carboxylic acids is 1. The molecule has 1 amide bonds. The van der Waals surface area contributed by atoms with Crippen molar-refractivity contribution in [1.82, 2.24) is 10.6 Å². The molecule has 0 saturated heterocycles. The zero-order valence-electron chi connectivity index (χ0n) is 8.25. The quantitative estimate of drug-likeness (QED) is 0.544. The Hall–Kier alpha value is -1.10. The molecule has 1 aliphatic rings. The summed E-state index contributed by atoms with van der Waals surface area (Å²) < 4.78 is 0. The molecule has 3 N–H and O–H groups in total. The fourth-order valence-corrected chi connectivity index (χ4v) is 0.976. The van der Waals surface area contributed by atoms with Crippen molar-refractivity contribution in [2.24, 2.45) is 5.92 Å². The second kappa shape index (κ2) is 4.95. The van der Waals surface area contributed by atoms with Crippen LogP contribution in [-0.4, -0.2) is 36.1 Å². The van der Waals surface area contributed by atoms with E-state index in [9.17, 15) is 9.59 Å². The van der Waals surface area contributed by atoms with E-state index in [4.69, 9.17) is 5.11 Å². The highest BCUT2D eigenvalue weighted by molar-refractivity contribution is 5.79. The summed E-state index contributed by atoms with van der Waals surface area (Å²) in [6.45, 7) is 2.30. The molecule has 1 fully saturated rings. The smallest absolute Gasteiger partial charge is 0.320 e. The maximum absolute atomic E-state index is 11.1. The van der Waals surface area contributed by atoms with E-state index in [0.29, 0.717) is 5.92 Å². The molecule has 5 nitrogen and oxygen atoms in total. The lowest BCUT2D eigenvalue weighted by Gasteiger charge is -2.08. The van der Waals surface area contributed by atoms with Gasteiger partial charge in [-0.15, -0.1) is 0 Å². The summed E-state index contributed by atoms with van der Waals surface area (Å²) in [6, 6.07) is -0.679. The van der Waals surface area contributed by atoms with Crippen LogP contribution in [0.1, 0.15) is 19.8 Å². The van der Waals surface area contributed by atoms with Crippen molar-refractivity contribution in [1.29, 1.82) is 0 Å². The SMILES string of the molecule is C[C@H](NCC(=O)NCC1CC1)C(=O)O. The number of carbonyl (C=O) groups excluding carboxylic acids is 1. The fourth-order valence-electron chi connectivity index (χ4n) is 0.976. The first kappa shape index (κ1) is 11.0. The molecule has 0 aliphatic heterocycles. The van der Waals surface area contributed by atoms with Crippen molar-refractivity contribution in [3.8, 4) is 0 Å². The molecule has 5 heteroatoms. The van der Waals surface area contributed by atoms with Gasteiger partial charge in [0.2, 0.25) is 5.91 Å². The first-order valence-corrected chi connectivity index (χ1v) is 4.82. The Labute approximate surface area is 82.9 Å². The van der Waals surface area contributed by atoms with Gasteiger partial charge in [-0.1, -0.05) is 0 Å². The summed E-state index contributed by atoms with van der Waals surface area (Å²) in [5.74, 6) is -0.430. The Balaban J connectivity index is 2.04. The monoisotopic (exact) mass is 200 g/mol. The van der Waals surface area contributed by atoms with Gasteiger partial charge in [-0.25, -0.2) is 0 Å². The van der Waals surface area contributed by atoms with Gasteiger partial charge >= 0.3 is 5.97 Å². The molecule has 0 bridgehead atoms. The average Bonchev–Trinajstić information content (AvgIpc) is 2.94. The molecule has 1 saturated carbocycles. The van der Waals surface area contributed by atoms with Crippen molar-refractivity contribution >= 4 is 11.9 Å². The van der Waals surface area contributed by atoms with Crippen LogP contribution in [0.5, 0.6) is 0 Å². The normalized spacial score (nSPS) is 17.5. The molecule has 0 aromatic heterocycles. The largest absolute Gasteiger partial charge is 0.480 e. The summed E-state index contributed by atoms with van der Waals surface area (Å²) in [4.78, 5) is 21.5. The zero-order valence-corrected chi connectivity index (χ0v) is 8.25. The molecule has 1 rings (SSSR count). The molecule has 0 aromatic carbocycles. The maximum atomic E-state index is 11.1. The van der Waals surface area contributed by atoms with E-state index in [1.807, 2.05) is 0 Å². The molecule has 80 valence electrons. The molecule has 0 spiro atoms. The van der Waals surface area contributed by atoms with Gasteiger partial charge in [0.1, 0.15) is 6.04 Å². The van der Waals surface area contributed by atoms with Crippen LogP contribution in [0.4, 0.5) is 0 Å². The van der Waals surface area contributed by atoms with Gasteiger partial charge in [0, 0.05) is 6.54 Å². The van der Waals surface area contributed by atoms with Gasteiger partial charge in [0.25, 0.3) is 0 Å². The Morgan fingerprint density at radius 3 is 2.64 bits per heavy atom. The Kier molecular flexibility index (Phi) is 3.88.